The topological polar surface area (TPSA) is 59.7 Å². The number of aromatic nitrogens is 5. The smallest absolute Gasteiger partial charge is 0.132 e. The molecule has 2 fully saturated rings. The van der Waals surface area contributed by atoms with E-state index in [4.69, 9.17) is 4.98 Å². The summed E-state index contributed by atoms with van der Waals surface area (Å²) in [5.41, 5.74) is 2.41. The molecule has 1 saturated carbocycles. The third kappa shape index (κ3) is 3.56. The number of hydrogen-bond acceptors (Lipinski definition) is 5. The van der Waals surface area contributed by atoms with Crippen molar-refractivity contribution >= 4 is 5.82 Å². The van der Waals surface area contributed by atoms with Crippen molar-refractivity contribution in [1.29, 1.82) is 0 Å². The fourth-order valence-electron chi connectivity index (χ4n) is 4.04. The predicted molar refractivity (Wildman–Crippen MR) is 104 cm³/mol. The largest absolute Gasteiger partial charge is 0.356 e. The molecule has 4 heterocycles. The highest BCUT2D eigenvalue weighted by atomic mass is 15.2. The third-order valence-corrected chi connectivity index (χ3v) is 5.60. The van der Waals surface area contributed by atoms with Gasteiger partial charge >= 0.3 is 0 Å². The van der Waals surface area contributed by atoms with Crippen LogP contribution in [0.15, 0.2) is 49.3 Å². The summed E-state index contributed by atoms with van der Waals surface area (Å²) in [5, 5.41) is 0. The van der Waals surface area contributed by atoms with E-state index in [1.165, 1.54) is 36.3 Å². The highest BCUT2D eigenvalue weighted by molar-refractivity contribution is 5.41. The molecule has 0 bridgehead atoms. The molecule has 3 aromatic heterocycles. The Hall–Kier alpha value is -2.76. The summed E-state index contributed by atoms with van der Waals surface area (Å²) in [7, 11) is 0. The molecule has 1 unspecified atom stereocenters. The minimum atomic E-state index is 0.421. The van der Waals surface area contributed by atoms with Crippen LogP contribution in [0, 0.1) is 0 Å². The fraction of sp³-hybridized carbons (Fsp3) is 0.429. The average molecular weight is 360 g/mol. The van der Waals surface area contributed by atoms with Gasteiger partial charge in [-0.05, 0) is 37.3 Å². The van der Waals surface area contributed by atoms with Gasteiger partial charge in [0, 0.05) is 61.5 Å². The molecule has 0 spiro atoms. The van der Waals surface area contributed by atoms with E-state index in [1.54, 1.807) is 6.33 Å². The number of piperidine rings is 1. The lowest BCUT2D eigenvalue weighted by atomic mass is 9.97. The van der Waals surface area contributed by atoms with Crippen LogP contribution >= 0.6 is 0 Å². The van der Waals surface area contributed by atoms with Gasteiger partial charge in [0.1, 0.15) is 18.0 Å². The molecule has 27 heavy (non-hydrogen) atoms. The number of anilines is 1. The van der Waals surface area contributed by atoms with E-state index in [-0.39, 0.29) is 0 Å². The highest BCUT2D eigenvalue weighted by Crippen LogP contribution is 2.40. The zero-order chi connectivity index (χ0) is 18.1. The summed E-state index contributed by atoms with van der Waals surface area (Å²) >= 11 is 0. The van der Waals surface area contributed by atoms with E-state index in [0.29, 0.717) is 11.8 Å². The molecule has 6 heteroatoms. The first-order valence-electron chi connectivity index (χ1n) is 9.83. The molecular weight excluding hydrogens is 336 g/mol. The Morgan fingerprint density at radius 2 is 2.00 bits per heavy atom. The van der Waals surface area contributed by atoms with E-state index in [9.17, 15) is 0 Å². The Morgan fingerprint density at radius 3 is 2.85 bits per heavy atom. The van der Waals surface area contributed by atoms with Crippen LogP contribution in [0.5, 0.6) is 0 Å². The second kappa shape index (κ2) is 7.10. The van der Waals surface area contributed by atoms with Crippen LogP contribution < -0.4 is 4.90 Å². The molecule has 0 aromatic carbocycles. The van der Waals surface area contributed by atoms with E-state index < -0.39 is 0 Å². The Morgan fingerprint density at radius 1 is 1.04 bits per heavy atom. The summed E-state index contributed by atoms with van der Waals surface area (Å²) in [4.78, 5) is 20.4. The van der Waals surface area contributed by atoms with Gasteiger partial charge in [-0.2, -0.15) is 0 Å². The van der Waals surface area contributed by atoms with Crippen LogP contribution in [0.2, 0.25) is 0 Å². The van der Waals surface area contributed by atoms with Crippen molar-refractivity contribution in [1.82, 2.24) is 24.5 Å². The van der Waals surface area contributed by atoms with Gasteiger partial charge < -0.3 is 9.47 Å². The molecule has 3 aromatic rings. The first-order valence-corrected chi connectivity index (χ1v) is 9.83. The summed E-state index contributed by atoms with van der Waals surface area (Å²) in [6.45, 7) is 2.84. The molecule has 138 valence electrons. The van der Waals surface area contributed by atoms with E-state index >= 15 is 0 Å². The summed E-state index contributed by atoms with van der Waals surface area (Å²) in [5.74, 6) is 3.32. The van der Waals surface area contributed by atoms with Crippen LogP contribution in [-0.2, 0) is 6.54 Å². The average Bonchev–Trinajstić information content (AvgIpc) is 3.48. The van der Waals surface area contributed by atoms with Crippen molar-refractivity contribution in [3.63, 3.8) is 0 Å². The number of imidazole rings is 1. The molecule has 6 nitrogen and oxygen atoms in total. The maximum Gasteiger partial charge on any atom is 0.132 e. The number of hydrogen-bond donors (Lipinski definition) is 0. The highest BCUT2D eigenvalue weighted by Gasteiger charge is 2.28. The zero-order valence-electron chi connectivity index (χ0n) is 15.4. The lowest BCUT2D eigenvalue weighted by molar-refractivity contribution is 0.473. The maximum absolute atomic E-state index is 4.70. The lowest BCUT2D eigenvalue weighted by Crippen LogP contribution is -2.36. The Labute approximate surface area is 159 Å². The lowest BCUT2D eigenvalue weighted by Gasteiger charge is -2.33. The number of nitrogens with zero attached hydrogens (tertiary/aromatic N) is 6. The Balaban J connectivity index is 1.34. The molecule has 0 radical (unpaired) electrons. The van der Waals surface area contributed by atoms with Crippen molar-refractivity contribution in [2.45, 2.75) is 44.1 Å². The molecule has 1 saturated heterocycles. The molecule has 2 aliphatic rings. The van der Waals surface area contributed by atoms with Gasteiger partial charge in [0.05, 0.1) is 6.54 Å². The molecule has 1 aliphatic carbocycles. The first kappa shape index (κ1) is 16.4. The van der Waals surface area contributed by atoms with Crippen LogP contribution in [0.4, 0.5) is 5.82 Å². The third-order valence-electron chi connectivity index (χ3n) is 5.60. The molecular formula is C21H24N6. The molecule has 0 N–H and O–H groups in total. The Bertz CT molecular complexity index is 902. The van der Waals surface area contributed by atoms with Gasteiger partial charge in [-0.3, -0.25) is 4.98 Å². The molecule has 1 aliphatic heterocycles. The van der Waals surface area contributed by atoms with Gasteiger partial charge in [-0.25, -0.2) is 15.0 Å². The van der Waals surface area contributed by atoms with E-state index in [0.717, 1.165) is 31.9 Å². The molecule has 0 amide bonds. The zero-order valence-corrected chi connectivity index (χ0v) is 15.4. The van der Waals surface area contributed by atoms with Crippen molar-refractivity contribution in [2.24, 2.45) is 0 Å². The van der Waals surface area contributed by atoms with Gasteiger partial charge in [0.2, 0.25) is 0 Å². The van der Waals surface area contributed by atoms with Crippen molar-refractivity contribution < 1.29 is 0 Å². The van der Waals surface area contributed by atoms with Gasteiger partial charge in [-0.15, -0.1) is 0 Å². The van der Waals surface area contributed by atoms with Crippen molar-refractivity contribution in [2.75, 3.05) is 18.0 Å². The summed E-state index contributed by atoms with van der Waals surface area (Å²) < 4.78 is 2.26. The summed E-state index contributed by atoms with van der Waals surface area (Å²) in [6.07, 6.45) is 14.3. The molecule has 5 rings (SSSR count). The van der Waals surface area contributed by atoms with E-state index in [2.05, 4.69) is 42.7 Å². The van der Waals surface area contributed by atoms with Gasteiger partial charge in [-0.1, -0.05) is 6.07 Å². The van der Waals surface area contributed by atoms with Crippen molar-refractivity contribution in [3.05, 3.63) is 66.4 Å². The monoisotopic (exact) mass is 360 g/mol. The SMILES string of the molecule is c1cncc(Cn2ccnc2C2CCCN(c3cc(C4CC4)ncn3)C2)c1. The minimum Gasteiger partial charge on any atom is -0.356 e. The normalized spacial score (nSPS) is 20.0. The summed E-state index contributed by atoms with van der Waals surface area (Å²) in [6, 6.07) is 6.30. The van der Waals surface area contributed by atoms with E-state index in [1.807, 2.05) is 24.7 Å². The van der Waals surface area contributed by atoms with Crippen molar-refractivity contribution in [3.8, 4) is 0 Å². The van der Waals surface area contributed by atoms with Gasteiger partial charge in [0.25, 0.3) is 0 Å². The molecule has 1 atom stereocenters. The predicted octanol–water partition coefficient (Wildman–Crippen LogP) is 3.38. The fourth-order valence-corrected chi connectivity index (χ4v) is 4.04. The second-order valence-corrected chi connectivity index (χ2v) is 7.64. The second-order valence-electron chi connectivity index (χ2n) is 7.64. The number of pyridine rings is 1. The number of rotatable bonds is 5. The minimum absolute atomic E-state index is 0.421. The van der Waals surface area contributed by atoms with Crippen LogP contribution in [0.3, 0.4) is 0 Å². The Kier molecular flexibility index (Phi) is 4.32. The van der Waals surface area contributed by atoms with Gasteiger partial charge in [0.15, 0.2) is 0 Å². The van der Waals surface area contributed by atoms with Crippen LogP contribution in [-0.4, -0.2) is 37.6 Å². The first-order chi connectivity index (χ1) is 13.4. The quantitative estimate of drug-likeness (QED) is 0.698. The van der Waals surface area contributed by atoms with Crippen LogP contribution in [0.1, 0.15) is 54.6 Å². The maximum atomic E-state index is 4.70. The van der Waals surface area contributed by atoms with Crippen LogP contribution in [0.25, 0.3) is 0 Å². The standard InChI is InChI=1S/C21H24N6/c1-3-16(12-22-7-1)13-27-10-8-23-21(27)18-4-2-9-26(14-18)20-11-19(17-5-6-17)24-15-25-20/h1,3,7-8,10-12,15,17-18H,2,4-6,9,13-14H2.